The van der Waals surface area contributed by atoms with Crippen molar-refractivity contribution in [2.75, 3.05) is 27.4 Å². The second-order valence-corrected chi connectivity index (χ2v) is 8.84. The number of likely N-dealkylation sites (N-methyl/N-ethyl adjacent to an activating group) is 1. The number of phenolic OH excluding ortho intramolecular Hbond substituents is 1. The number of carbonyl (C=O) groups excluding carboxylic acids is 1. The molecule has 0 unspecified atom stereocenters. The molecule has 0 saturated carbocycles. The van der Waals surface area contributed by atoms with Gasteiger partial charge in [-0.3, -0.25) is 14.5 Å². The van der Waals surface area contributed by atoms with E-state index in [9.17, 15) is 14.7 Å². The summed E-state index contributed by atoms with van der Waals surface area (Å²) in [5, 5.41) is 14.2. The molecule has 4 aromatic rings. The highest BCUT2D eigenvalue weighted by Gasteiger charge is 2.29. The summed E-state index contributed by atoms with van der Waals surface area (Å²) in [6.07, 6.45) is 2.85. The summed E-state index contributed by atoms with van der Waals surface area (Å²) >= 11 is 0. The number of furan rings is 1. The van der Waals surface area contributed by atoms with Crippen LogP contribution in [-0.2, 0) is 4.79 Å². The third-order valence-electron chi connectivity index (χ3n) is 6.36. The van der Waals surface area contributed by atoms with Gasteiger partial charge in [0.05, 0.1) is 24.0 Å². The van der Waals surface area contributed by atoms with E-state index in [0.717, 1.165) is 5.76 Å². The molecule has 0 radical (unpaired) electrons. The normalized spacial score (nSPS) is 14.2. The van der Waals surface area contributed by atoms with Gasteiger partial charge >= 0.3 is 0 Å². The molecule has 1 aliphatic heterocycles. The number of hydrogen-bond donors (Lipinski definition) is 2. The van der Waals surface area contributed by atoms with Gasteiger partial charge < -0.3 is 28.7 Å². The standard InChI is InChI=1S/C27H26N2O7/c1-29(2)20(23-8-5-9-33-23)13-28-26(31)11-17(18-10-24-25(12-21(18)30)36-15-35-24)19-14-34-22-7-4-3-6-16(22)27(19)32/h3-10,12,14,17,20,30H,11,13,15H2,1-2H3,(H,28,31)/t17-,20+/m1/s1. The molecule has 0 spiro atoms. The summed E-state index contributed by atoms with van der Waals surface area (Å²) in [6.45, 7) is 0.325. The molecule has 0 aliphatic carbocycles. The number of carbonyl (C=O) groups is 1. The highest BCUT2D eigenvalue weighted by Crippen LogP contribution is 2.42. The predicted octanol–water partition coefficient (Wildman–Crippen LogP) is 3.76. The molecule has 1 aliphatic rings. The van der Waals surface area contributed by atoms with Gasteiger partial charge in [0, 0.05) is 36.1 Å². The fourth-order valence-corrected chi connectivity index (χ4v) is 4.43. The minimum absolute atomic E-state index is 0.0280. The van der Waals surface area contributed by atoms with E-state index < -0.39 is 5.92 Å². The van der Waals surface area contributed by atoms with Crippen molar-refractivity contribution in [2.45, 2.75) is 18.4 Å². The van der Waals surface area contributed by atoms with Crippen LogP contribution in [0.4, 0.5) is 0 Å². The number of benzene rings is 2. The van der Waals surface area contributed by atoms with Crippen molar-refractivity contribution >= 4 is 16.9 Å². The van der Waals surface area contributed by atoms with E-state index >= 15 is 0 Å². The average molecular weight is 491 g/mol. The Kier molecular flexibility index (Phi) is 6.39. The number of nitrogens with one attached hydrogen (secondary N) is 1. The minimum atomic E-state index is -0.790. The van der Waals surface area contributed by atoms with Crippen LogP contribution >= 0.6 is 0 Å². The molecule has 1 amide bonds. The van der Waals surface area contributed by atoms with E-state index in [4.69, 9.17) is 18.3 Å². The lowest BCUT2D eigenvalue weighted by molar-refractivity contribution is -0.121. The van der Waals surface area contributed by atoms with Crippen LogP contribution in [0.2, 0.25) is 0 Å². The number of hydrogen-bond acceptors (Lipinski definition) is 8. The fourth-order valence-electron chi connectivity index (χ4n) is 4.43. The number of ether oxygens (including phenoxy) is 2. The van der Waals surface area contributed by atoms with Crippen LogP contribution in [0.15, 0.2) is 74.7 Å². The lowest BCUT2D eigenvalue weighted by Crippen LogP contribution is -2.35. The molecule has 2 aromatic heterocycles. The van der Waals surface area contributed by atoms with Crippen LogP contribution in [0.5, 0.6) is 17.2 Å². The second kappa shape index (κ2) is 9.79. The average Bonchev–Trinajstić information content (AvgIpc) is 3.55. The Morgan fingerprint density at radius 1 is 1.06 bits per heavy atom. The van der Waals surface area contributed by atoms with Crippen molar-refractivity contribution in [1.29, 1.82) is 0 Å². The van der Waals surface area contributed by atoms with Crippen molar-refractivity contribution in [3.05, 3.63) is 88.2 Å². The molecular formula is C27H26N2O7. The lowest BCUT2D eigenvalue weighted by atomic mass is 9.87. The smallest absolute Gasteiger partial charge is 0.231 e. The first kappa shape index (κ1) is 23.5. The molecular weight excluding hydrogens is 464 g/mol. The maximum atomic E-state index is 13.4. The highest BCUT2D eigenvalue weighted by atomic mass is 16.7. The van der Waals surface area contributed by atoms with Crippen LogP contribution in [0.25, 0.3) is 11.0 Å². The Bertz CT molecular complexity index is 1440. The van der Waals surface area contributed by atoms with E-state index in [1.54, 1.807) is 42.7 Å². The van der Waals surface area contributed by atoms with Gasteiger partial charge in [0.15, 0.2) is 16.9 Å². The first-order valence-corrected chi connectivity index (χ1v) is 11.5. The van der Waals surface area contributed by atoms with Crippen LogP contribution in [-0.4, -0.2) is 43.3 Å². The number of aromatic hydroxyl groups is 1. The molecule has 9 heteroatoms. The SMILES string of the molecule is CN(C)[C@@H](CNC(=O)C[C@H](c1cc2c(cc1O)OCO2)c1coc2ccccc2c1=O)c1ccco1. The molecule has 0 fully saturated rings. The summed E-state index contributed by atoms with van der Waals surface area (Å²) in [5.41, 5.74) is 0.797. The van der Waals surface area contributed by atoms with Gasteiger partial charge in [-0.15, -0.1) is 0 Å². The Balaban J connectivity index is 1.48. The quantitative estimate of drug-likeness (QED) is 0.384. The molecule has 3 heterocycles. The lowest BCUT2D eigenvalue weighted by Gasteiger charge is -2.23. The van der Waals surface area contributed by atoms with Crippen LogP contribution in [0, 0.1) is 0 Å². The topological polar surface area (TPSA) is 114 Å². The van der Waals surface area contributed by atoms with Gasteiger partial charge in [0.2, 0.25) is 12.7 Å². The largest absolute Gasteiger partial charge is 0.508 e. The molecule has 5 rings (SSSR count). The van der Waals surface area contributed by atoms with Gasteiger partial charge in [-0.05, 0) is 44.4 Å². The number of phenols is 1. The molecule has 36 heavy (non-hydrogen) atoms. The zero-order valence-electron chi connectivity index (χ0n) is 19.9. The minimum Gasteiger partial charge on any atom is -0.508 e. The molecule has 2 aromatic carbocycles. The Labute approximate surface area is 206 Å². The van der Waals surface area contributed by atoms with Crippen LogP contribution in [0.3, 0.4) is 0 Å². The van der Waals surface area contributed by atoms with E-state index in [2.05, 4.69) is 5.32 Å². The summed E-state index contributed by atoms with van der Waals surface area (Å²) in [7, 11) is 3.79. The first-order chi connectivity index (χ1) is 17.4. The van der Waals surface area contributed by atoms with E-state index in [1.807, 2.05) is 25.1 Å². The van der Waals surface area contributed by atoms with E-state index in [-0.39, 0.29) is 41.9 Å². The van der Waals surface area contributed by atoms with Gasteiger partial charge in [0.1, 0.15) is 17.1 Å². The zero-order chi connectivity index (χ0) is 25.2. The van der Waals surface area contributed by atoms with E-state index in [1.165, 1.54) is 12.3 Å². The number of fused-ring (bicyclic) bond motifs is 2. The Morgan fingerprint density at radius 3 is 2.58 bits per heavy atom. The molecule has 9 nitrogen and oxygen atoms in total. The maximum absolute atomic E-state index is 13.4. The van der Waals surface area contributed by atoms with Crippen molar-refractivity contribution in [3.63, 3.8) is 0 Å². The molecule has 186 valence electrons. The number of rotatable bonds is 8. The summed E-state index contributed by atoms with van der Waals surface area (Å²) in [4.78, 5) is 28.6. The molecule has 2 N–H and O–H groups in total. The molecule has 2 atom stereocenters. The number of para-hydroxylation sites is 1. The number of nitrogens with zero attached hydrogens (tertiary/aromatic N) is 1. The third-order valence-corrected chi connectivity index (χ3v) is 6.36. The van der Waals surface area contributed by atoms with Crippen LogP contribution in [0.1, 0.15) is 35.3 Å². The zero-order valence-corrected chi connectivity index (χ0v) is 19.9. The fraction of sp³-hybridized carbons (Fsp3) is 0.259. The van der Waals surface area contributed by atoms with Gasteiger partial charge in [0.25, 0.3) is 0 Å². The van der Waals surface area contributed by atoms with Crippen molar-refractivity contribution in [2.24, 2.45) is 0 Å². The van der Waals surface area contributed by atoms with Gasteiger partial charge in [-0.25, -0.2) is 0 Å². The van der Waals surface area contributed by atoms with Crippen molar-refractivity contribution in [3.8, 4) is 17.2 Å². The van der Waals surface area contributed by atoms with Crippen molar-refractivity contribution in [1.82, 2.24) is 10.2 Å². The predicted molar refractivity (Wildman–Crippen MR) is 131 cm³/mol. The monoisotopic (exact) mass is 490 g/mol. The summed E-state index contributed by atoms with van der Waals surface area (Å²) in [5.74, 6) is 0.359. The van der Waals surface area contributed by atoms with Crippen LogP contribution < -0.4 is 20.2 Å². The Morgan fingerprint density at radius 2 is 1.83 bits per heavy atom. The summed E-state index contributed by atoms with van der Waals surface area (Å²) < 4.78 is 22.1. The molecule has 0 saturated heterocycles. The highest BCUT2D eigenvalue weighted by molar-refractivity contribution is 5.80. The first-order valence-electron chi connectivity index (χ1n) is 11.5. The van der Waals surface area contributed by atoms with Crippen molar-refractivity contribution < 1.29 is 28.2 Å². The second-order valence-electron chi connectivity index (χ2n) is 8.84. The van der Waals surface area contributed by atoms with E-state index in [0.29, 0.717) is 34.6 Å². The molecule has 0 bridgehead atoms. The third kappa shape index (κ3) is 4.52. The van der Waals surface area contributed by atoms with Gasteiger partial charge in [-0.1, -0.05) is 12.1 Å². The maximum Gasteiger partial charge on any atom is 0.231 e. The Hall–Kier alpha value is -4.24. The summed E-state index contributed by atoms with van der Waals surface area (Å²) in [6, 6.07) is 13.4. The van der Waals surface area contributed by atoms with Gasteiger partial charge in [-0.2, -0.15) is 0 Å². The number of amides is 1.